The van der Waals surface area contributed by atoms with Crippen molar-refractivity contribution in [2.45, 2.75) is 38.5 Å². The molecule has 1 saturated heterocycles. The molecule has 17 heavy (non-hydrogen) atoms. The van der Waals surface area contributed by atoms with Gasteiger partial charge in [0.15, 0.2) is 0 Å². The molecule has 0 spiro atoms. The first-order chi connectivity index (χ1) is 7.92. The molecule has 0 aromatic carbocycles. The van der Waals surface area contributed by atoms with E-state index in [2.05, 4.69) is 10.6 Å². The van der Waals surface area contributed by atoms with Gasteiger partial charge in [0.05, 0.1) is 6.54 Å². The van der Waals surface area contributed by atoms with Crippen LogP contribution >= 0.6 is 0 Å². The van der Waals surface area contributed by atoms with E-state index in [0.29, 0.717) is 6.54 Å². The average Bonchev–Trinajstić information content (AvgIpc) is 2.30. The molecule has 1 fully saturated rings. The maximum Gasteiger partial charge on any atom is 0.319 e. The second-order valence-electron chi connectivity index (χ2n) is 4.80. The lowest BCUT2D eigenvalue weighted by Crippen LogP contribution is -2.49. The van der Waals surface area contributed by atoms with Crippen molar-refractivity contribution >= 4 is 0 Å². The highest BCUT2D eigenvalue weighted by atomic mass is 19.3. The molecule has 1 aliphatic rings. The van der Waals surface area contributed by atoms with Crippen molar-refractivity contribution in [1.29, 1.82) is 0 Å². The van der Waals surface area contributed by atoms with E-state index < -0.39 is 18.9 Å². The minimum absolute atomic E-state index is 0.0730. The number of piperidine rings is 1. The Kier molecular flexibility index (Phi) is 5.19. The van der Waals surface area contributed by atoms with Crippen LogP contribution in [0.5, 0.6) is 0 Å². The molecule has 1 heterocycles. The van der Waals surface area contributed by atoms with Gasteiger partial charge in [-0.1, -0.05) is 6.92 Å². The zero-order valence-corrected chi connectivity index (χ0v) is 10.0. The lowest BCUT2D eigenvalue weighted by molar-refractivity contribution is -0.126. The Balaban J connectivity index is 2.38. The molecule has 0 aromatic heterocycles. The summed E-state index contributed by atoms with van der Waals surface area (Å²) < 4.78 is 49.3. The lowest BCUT2D eigenvalue weighted by Gasteiger charge is -2.37. The smallest absolute Gasteiger partial charge is 0.316 e. The fourth-order valence-corrected chi connectivity index (χ4v) is 2.18. The summed E-state index contributed by atoms with van der Waals surface area (Å²) in [6, 6.07) is 0. The van der Waals surface area contributed by atoms with E-state index >= 15 is 0 Å². The summed E-state index contributed by atoms with van der Waals surface area (Å²) in [5.74, 6) is -3.93. The van der Waals surface area contributed by atoms with E-state index in [4.69, 9.17) is 0 Å². The molecule has 0 aliphatic carbocycles. The second-order valence-corrected chi connectivity index (χ2v) is 4.80. The molecule has 0 amide bonds. The fraction of sp³-hybridized carbons (Fsp3) is 1.00. The number of rotatable bonds is 6. The Morgan fingerprint density at radius 3 is 2.59 bits per heavy atom. The Hall–Kier alpha value is -0.360. The van der Waals surface area contributed by atoms with Crippen LogP contribution in [0.25, 0.3) is 0 Å². The molecule has 2 nitrogen and oxygen atoms in total. The van der Waals surface area contributed by atoms with Crippen LogP contribution in [0.2, 0.25) is 0 Å². The molecule has 1 rings (SSSR count). The van der Waals surface area contributed by atoms with Crippen LogP contribution in [0.15, 0.2) is 0 Å². The highest BCUT2D eigenvalue weighted by Crippen LogP contribution is 2.29. The molecule has 1 aliphatic heterocycles. The van der Waals surface area contributed by atoms with Gasteiger partial charge in [-0.05, 0) is 31.2 Å². The summed E-state index contributed by atoms with van der Waals surface area (Å²) in [7, 11) is 0. The molecule has 0 aromatic rings. The van der Waals surface area contributed by atoms with Gasteiger partial charge in [0.25, 0.3) is 0 Å². The van der Waals surface area contributed by atoms with Crippen molar-refractivity contribution in [3.8, 4) is 0 Å². The normalized spacial score (nSPS) is 26.5. The van der Waals surface area contributed by atoms with Gasteiger partial charge in [-0.2, -0.15) is 8.78 Å². The van der Waals surface area contributed by atoms with E-state index in [1.165, 1.54) is 0 Å². The number of hydrogen-bond acceptors (Lipinski definition) is 2. The molecule has 1 atom stereocenters. The van der Waals surface area contributed by atoms with Gasteiger partial charge in [-0.3, -0.25) is 0 Å². The van der Waals surface area contributed by atoms with Crippen LogP contribution < -0.4 is 10.6 Å². The summed E-state index contributed by atoms with van der Waals surface area (Å²) in [4.78, 5) is 0. The van der Waals surface area contributed by atoms with Crippen LogP contribution in [0.3, 0.4) is 0 Å². The molecule has 6 heteroatoms. The van der Waals surface area contributed by atoms with Crippen LogP contribution in [-0.2, 0) is 0 Å². The summed E-state index contributed by atoms with van der Waals surface area (Å²) in [5, 5.41) is 5.72. The van der Waals surface area contributed by atoms with E-state index in [1.807, 2.05) is 6.92 Å². The number of hydrogen-bond donors (Lipinski definition) is 2. The molecule has 0 radical (unpaired) electrons. The standard InChI is InChI=1S/C11H20F4N2/c1-2-10(4-3-5-16-6-10)7-17-8-11(14,15)9(12)13/h9,16-17H,2-8H2,1H3. The van der Waals surface area contributed by atoms with Crippen molar-refractivity contribution in [2.24, 2.45) is 5.41 Å². The van der Waals surface area contributed by atoms with Gasteiger partial charge in [0.1, 0.15) is 0 Å². The van der Waals surface area contributed by atoms with Gasteiger partial charge in [-0.15, -0.1) is 0 Å². The third-order valence-corrected chi connectivity index (χ3v) is 3.49. The van der Waals surface area contributed by atoms with E-state index in [-0.39, 0.29) is 5.41 Å². The fourth-order valence-electron chi connectivity index (χ4n) is 2.18. The van der Waals surface area contributed by atoms with Gasteiger partial charge < -0.3 is 10.6 Å². The Bertz CT molecular complexity index is 228. The third-order valence-electron chi connectivity index (χ3n) is 3.49. The topological polar surface area (TPSA) is 24.1 Å². The molecule has 2 N–H and O–H groups in total. The maximum atomic E-state index is 12.7. The van der Waals surface area contributed by atoms with Crippen molar-refractivity contribution in [2.75, 3.05) is 26.2 Å². The number of nitrogens with one attached hydrogen (secondary N) is 2. The Labute approximate surface area is 99.1 Å². The van der Waals surface area contributed by atoms with Crippen molar-refractivity contribution in [3.63, 3.8) is 0 Å². The number of alkyl halides is 4. The molecule has 102 valence electrons. The largest absolute Gasteiger partial charge is 0.319 e. The molecule has 1 unspecified atom stereocenters. The highest BCUT2D eigenvalue weighted by Gasteiger charge is 2.41. The van der Waals surface area contributed by atoms with Gasteiger partial charge in [0.2, 0.25) is 0 Å². The van der Waals surface area contributed by atoms with E-state index in [0.717, 1.165) is 32.4 Å². The van der Waals surface area contributed by atoms with Crippen LogP contribution in [0.4, 0.5) is 17.6 Å². The van der Waals surface area contributed by atoms with Crippen LogP contribution in [0.1, 0.15) is 26.2 Å². The van der Waals surface area contributed by atoms with Crippen molar-refractivity contribution in [1.82, 2.24) is 10.6 Å². The minimum Gasteiger partial charge on any atom is -0.316 e. The second kappa shape index (κ2) is 6.00. The predicted molar refractivity (Wildman–Crippen MR) is 58.6 cm³/mol. The molecular weight excluding hydrogens is 236 g/mol. The van der Waals surface area contributed by atoms with Crippen LogP contribution in [-0.4, -0.2) is 38.5 Å². The Morgan fingerprint density at radius 2 is 2.12 bits per heavy atom. The minimum atomic E-state index is -3.93. The Morgan fingerprint density at radius 1 is 1.41 bits per heavy atom. The first-order valence-electron chi connectivity index (χ1n) is 5.99. The van der Waals surface area contributed by atoms with Gasteiger partial charge in [-0.25, -0.2) is 8.78 Å². The first kappa shape index (κ1) is 14.7. The zero-order chi connectivity index (χ0) is 12.9. The summed E-state index contributed by atoms with van der Waals surface area (Å²) in [6.45, 7) is 3.11. The van der Waals surface area contributed by atoms with Crippen LogP contribution in [0, 0.1) is 5.41 Å². The number of halogens is 4. The average molecular weight is 256 g/mol. The SMILES string of the molecule is CCC1(CNCC(F)(F)C(F)F)CCCNC1. The van der Waals surface area contributed by atoms with Gasteiger partial charge in [0, 0.05) is 13.1 Å². The monoisotopic (exact) mass is 256 g/mol. The highest BCUT2D eigenvalue weighted by molar-refractivity contribution is 4.87. The molecule has 0 bridgehead atoms. The summed E-state index contributed by atoms with van der Waals surface area (Å²) in [5.41, 5.74) is -0.0730. The van der Waals surface area contributed by atoms with E-state index in [9.17, 15) is 17.6 Å². The van der Waals surface area contributed by atoms with Crippen molar-refractivity contribution in [3.05, 3.63) is 0 Å². The van der Waals surface area contributed by atoms with E-state index in [1.54, 1.807) is 0 Å². The first-order valence-corrected chi connectivity index (χ1v) is 5.99. The lowest BCUT2D eigenvalue weighted by atomic mass is 9.78. The third kappa shape index (κ3) is 4.10. The summed E-state index contributed by atoms with van der Waals surface area (Å²) >= 11 is 0. The quantitative estimate of drug-likeness (QED) is 0.712. The maximum absolute atomic E-state index is 12.7. The van der Waals surface area contributed by atoms with Crippen molar-refractivity contribution < 1.29 is 17.6 Å². The predicted octanol–water partition coefficient (Wildman–Crippen LogP) is 2.26. The zero-order valence-electron chi connectivity index (χ0n) is 10.0. The van der Waals surface area contributed by atoms with Gasteiger partial charge >= 0.3 is 12.3 Å². The molecule has 0 saturated carbocycles. The summed E-state index contributed by atoms with van der Waals surface area (Å²) in [6.07, 6.45) is -0.797. The molecular formula is C11H20F4N2.